The molecule has 2 amide bonds. The molecule has 0 aliphatic rings. The van der Waals surface area contributed by atoms with Gasteiger partial charge in [-0.05, 0) is 25.5 Å². The van der Waals surface area contributed by atoms with Gasteiger partial charge in [0, 0.05) is 31.5 Å². The molecule has 1 heterocycles. The molecule has 6 nitrogen and oxygen atoms in total. The number of amides is 2. The molecule has 0 radical (unpaired) electrons. The van der Waals surface area contributed by atoms with Crippen molar-refractivity contribution in [3.63, 3.8) is 0 Å². The molecule has 2 aromatic rings. The normalized spacial score (nSPS) is 11.5. The van der Waals surface area contributed by atoms with E-state index in [1.165, 1.54) is 0 Å². The SMILES string of the molecule is Cc1nc2ccccc2n1CCCNC(=O)CCNC(=O)C(C)(C)C. The molecular weight excluding hydrogens is 316 g/mol. The maximum atomic E-state index is 11.8. The van der Waals surface area contributed by atoms with Crippen LogP contribution in [0.1, 0.15) is 39.4 Å². The molecule has 2 N–H and O–H groups in total. The van der Waals surface area contributed by atoms with E-state index < -0.39 is 5.41 Å². The zero-order valence-electron chi connectivity index (χ0n) is 15.6. The van der Waals surface area contributed by atoms with Crippen LogP contribution in [-0.4, -0.2) is 34.5 Å². The van der Waals surface area contributed by atoms with Gasteiger partial charge in [0.15, 0.2) is 0 Å². The van der Waals surface area contributed by atoms with Crippen molar-refractivity contribution >= 4 is 22.8 Å². The molecule has 25 heavy (non-hydrogen) atoms. The Morgan fingerprint density at radius 1 is 1.12 bits per heavy atom. The number of aromatic nitrogens is 2. The summed E-state index contributed by atoms with van der Waals surface area (Å²) >= 11 is 0. The third-order valence-electron chi connectivity index (χ3n) is 4.04. The molecule has 0 bridgehead atoms. The summed E-state index contributed by atoms with van der Waals surface area (Å²) in [6.45, 7) is 9.34. The van der Waals surface area contributed by atoms with Crippen molar-refractivity contribution < 1.29 is 9.59 Å². The van der Waals surface area contributed by atoms with E-state index in [9.17, 15) is 9.59 Å². The van der Waals surface area contributed by atoms with E-state index in [0.29, 0.717) is 19.5 Å². The molecule has 0 aliphatic carbocycles. The molecule has 6 heteroatoms. The number of fused-ring (bicyclic) bond motifs is 1. The largest absolute Gasteiger partial charge is 0.356 e. The highest BCUT2D eigenvalue weighted by molar-refractivity contribution is 5.82. The van der Waals surface area contributed by atoms with Crippen LogP contribution >= 0.6 is 0 Å². The molecule has 136 valence electrons. The van der Waals surface area contributed by atoms with Crippen molar-refractivity contribution in [1.29, 1.82) is 0 Å². The molecule has 0 aliphatic heterocycles. The summed E-state index contributed by atoms with van der Waals surface area (Å²) in [5.41, 5.74) is 1.69. The summed E-state index contributed by atoms with van der Waals surface area (Å²) in [6, 6.07) is 8.06. The van der Waals surface area contributed by atoms with E-state index in [2.05, 4.69) is 26.3 Å². The molecule has 0 spiro atoms. The lowest BCUT2D eigenvalue weighted by Crippen LogP contribution is -2.37. The first-order valence-electron chi connectivity index (χ1n) is 8.76. The Morgan fingerprint density at radius 3 is 2.56 bits per heavy atom. The average molecular weight is 344 g/mol. The molecule has 0 unspecified atom stereocenters. The number of carbonyl (C=O) groups excluding carboxylic acids is 2. The first-order valence-corrected chi connectivity index (χ1v) is 8.76. The maximum absolute atomic E-state index is 11.8. The van der Waals surface area contributed by atoms with Gasteiger partial charge < -0.3 is 15.2 Å². The lowest BCUT2D eigenvalue weighted by Gasteiger charge is -2.17. The van der Waals surface area contributed by atoms with Gasteiger partial charge in [-0.25, -0.2) is 4.98 Å². The van der Waals surface area contributed by atoms with E-state index in [4.69, 9.17) is 0 Å². The molecule has 0 fully saturated rings. The smallest absolute Gasteiger partial charge is 0.225 e. The van der Waals surface area contributed by atoms with Crippen LogP contribution < -0.4 is 10.6 Å². The lowest BCUT2D eigenvalue weighted by molar-refractivity contribution is -0.128. The molecule has 0 saturated heterocycles. The summed E-state index contributed by atoms with van der Waals surface area (Å²) in [5.74, 6) is 0.904. The van der Waals surface area contributed by atoms with Crippen LogP contribution in [0.5, 0.6) is 0 Å². The number of para-hydroxylation sites is 2. The number of nitrogens with zero attached hydrogens (tertiary/aromatic N) is 2. The number of benzene rings is 1. The first-order chi connectivity index (χ1) is 11.8. The highest BCUT2D eigenvalue weighted by atomic mass is 16.2. The van der Waals surface area contributed by atoms with E-state index in [1.807, 2.05) is 45.9 Å². The van der Waals surface area contributed by atoms with E-state index in [0.717, 1.165) is 29.8 Å². The number of rotatable bonds is 7. The molecule has 0 atom stereocenters. The Kier molecular flexibility index (Phi) is 6.17. The lowest BCUT2D eigenvalue weighted by atomic mass is 9.96. The van der Waals surface area contributed by atoms with E-state index in [-0.39, 0.29) is 11.8 Å². The van der Waals surface area contributed by atoms with Gasteiger partial charge in [0.2, 0.25) is 11.8 Å². The van der Waals surface area contributed by atoms with Crippen LogP contribution in [0.15, 0.2) is 24.3 Å². The Balaban J connectivity index is 1.69. The molecular formula is C19H28N4O2. The fourth-order valence-electron chi connectivity index (χ4n) is 2.59. The average Bonchev–Trinajstić information content (AvgIpc) is 2.86. The number of carbonyl (C=O) groups is 2. The van der Waals surface area contributed by atoms with Crippen LogP contribution in [-0.2, 0) is 16.1 Å². The van der Waals surface area contributed by atoms with Gasteiger partial charge in [-0.15, -0.1) is 0 Å². The number of hydrogen-bond donors (Lipinski definition) is 2. The minimum absolute atomic E-state index is 0.0391. The zero-order valence-corrected chi connectivity index (χ0v) is 15.6. The number of imidazole rings is 1. The maximum Gasteiger partial charge on any atom is 0.225 e. The third kappa shape index (κ3) is 5.31. The molecule has 1 aromatic heterocycles. The van der Waals surface area contributed by atoms with E-state index in [1.54, 1.807) is 0 Å². The molecule has 2 rings (SSSR count). The van der Waals surface area contributed by atoms with E-state index >= 15 is 0 Å². The summed E-state index contributed by atoms with van der Waals surface area (Å²) in [6.07, 6.45) is 1.14. The number of hydrogen-bond acceptors (Lipinski definition) is 3. The summed E-state index contributed by atoms with van der Waals surface area (Å²) in [7, 11) is 0. The fourth-order valence-corrected chi connectivity index (χ4v) is 2.59. The van der Waals surface area contributed by atoms with Gasteiger partial charge >= 0.3 is 0 Å². The Morgan fingerprint density at radius 2 is 1.84 bits per heavy atom. The minimum Gasteiger partial charge on any atom is -0.356 e. The summed E-state index contributed by atoms with van der Waals surface area (Å²) in [5, 5.41) is 5.68. The van der Waals surface area contributed by atoms with Gasteiger partial charge in [-0.1, -0.05) is 32.9 Å². The van der Waals surface area contributed by atoms with Crippen LogP contribution in [0.25, 0.3) is 11.0 Å². The van der Waals surface area contributed by atoms with Crippen molar-refractivity contribution in [2.45, 2.75) is 47.1 Å². The van der Waals surface area contributed by atoms with Crippen molar-refractivity contribution in [2.75, 3.05) is 13.1 Å². The van der Waals surface area contributed by atoms with Gasteiger partial charge in [0.05, 0.1) is 11.0 Å². The standard InChI is InChI=1S/C19H28N4O2/c1-14-22-15-8-5-6-9-16(15)23(14)13-7-11-20-17(24)10-12-21-18(25)19(2,3)4/h5-6,8-9H,7,10-13H2,1-4H3,(H,20,24)(H,21,25). The van der Waals surface area contributed by atoms with Gasteiger partial charge in [-0.2, -0.15) is 0 Å². The van der Waals surface area contributed by atoms with Crippen LogP contribution in [0.2, 0.25) is 0 Å². The van der Waals surface area contributed by atoms with Crippen LogP contribution in [0.4, 0.5) is 0 Å². The minimum atomic E-state index is -0.429. The molecule has 1 aromatic carbocycles. The fraction of sp³-hybridized carbons (Fsp3) is 0.526. The van der Waals surface area contributed by atoms with Crippen LogP contribution in [0, 0.1) is 12.3 Å². The van der Waals surface area contributed by atoms with Crippen molar-refractivity contribution in [2.24, 2.45) is 5.41 Å². The Hall–Kier alpha value is -2.37. The topological polar surface area (TPSA) is 76.0 Å². The highest BCUT2D eigenvalue weighted by Crippen LogP contribution is 2.15. The Labute approximate surface area is 149 Å². The predicted octanol–water partition coefficient (Wildman–Crippen LogP) is 2.40. The summed E-state index contributed by atoms with van der Waals surface area (Å²) < 4.78 is 2.17. The second-order valence-electron chi connectivity index (χ2n) is 7.26. The predicted molar refractivity (Wildman–Crippen MR) is 99.2 cm³/mol. The number of aryl methyl sites for hydroxylation is 2. The second-order valence-corrected chi connectivity index (χ2v) is 7.26. The van der Waals surface area contributed by atoms with Gasteiger partial charge in [0.25, 0.3) is 0 Å². The number of nitrogens with one attached hydrogen (secondary N) is 2. The van der Waals surface area contributed by atoms with Gasteiger partial charge in [0.1, 0.15) is 5.82 Å². The quantitative estimate of drug-likeness (QED) is 0.757. The third-order valence-corrected chi connectivity index (χ3v) is 4.04. The van der Waals surface area contributed by atoms with Gasteiger partial charge in [-0.3, -0.25) is 9.59 Å². The highest BCUT2D eigenvalue weighted by Gasteiger charge is 2.20. The van der Waals surface area contributed by atoms with Crippen molar-refractivity contribution in [3.8, 4) is 0 Å². The first kappa shape index (κ1) is 19.0. The zero-order chi connectivity index (χ0) is 18.4. The molecule has 0 saturated carbocycles. The van der Waals surface area contributed by atoms with Crippen molar-refractivity contribution in [3.05, 3.63) is 30.1 Å². The summed E-state index contributed by atoms with van der Waals surface area (Å²) in [4.78, 5) is 28.1. The van der Waals surface area contributed by atoms with Crippen LogP contribution in [0.3, 0.4) is 0 Å². The van der Waals surface area contributed by atoms with Crippen molar-refractivity contribution in [1.82, 2.24) is 20.2 Å². The Bertz CT molecular complexity index is 743. The second kappa shape index (κ2) is 8.14. The monoisotopic (exact) mass is 344 g/mol.